The minimum absolute atomic E-state index is 0. The maximum atomic E-state index is 9.71. The first-order chi connectivity index (χ1) is 8.07. The number of nitrogens with two attached hydrogens (primary N) is 2. The van der Waals surface area contributed by atoms with Crippen LogP contribution in [0.5, 0.6) is 0 Å². The second kappa shape index (κ2) is 14.4. The zero-order chi connectivity index (χ0) is 14.9. The van der Waals surface area contributed by atoms with Gasteiger partial charge in [0.15, 0.2) is 0 Å². The summed E-state index contributed by atoms with van der Waals surface area (Å²) < 4.78 is 0. The molecule has 0 aliphatic heterocycles. The van der Waals surface area contributed by atoms with Crippen molar-refractivity contribution in [2.24, 2.45) is 11.5 Å². The predicted octanol–water partition coefficient (Wildman–Crippen LogP) is -7.60. The van der Waals surface area contributed by atoms with Crippen LogP contribution in [0.3, 0.4) is 0 Å². The minimum Gasteiger partial charge on any atom is -0.550 e. The molecule has 113 valence electrons. The van der Waals surface area contributed by atoms with Gasteiger partial charge in [0.2, 0.25) is 0 Å². The van der Waals surface area contributed by atoms with Gasteiger partial charge in [-0.15, -0.1) is 0 Å². The zero-order valence-corrected chi connectivity index (χ0v) is 13.9. The van der Waals surface area contributed by atoms with Crippen LogP contribution in [0.15, 0.2) is 0 Å². The summed E-state index contributed by atoms with van der Waals surface area (Å²) in [4.78, 5) is 38.7. The van der Waals surface area contributed by atoms with E-state index in [4.69, 9.17) is 11.5 Å². The molecule has 0 amide bonds. The van der Waals surface area contributed by atoms with Crippen LogP contribution in [0.25, 0.3) is 0 Å². The molecule has 12 heteroatoms. The topological polar surface area (TPSA) is 213 Å². The van der Waals surface area contributed by atoms with E-state index in [0.29, 0.717) is 0 Å². The van der Waals surface area contributed by atoms with E-state index in [0.717, 1.165) is 0 Å². The summed E-state index contributed by atoms with van der Waals surface area (Å²) in [5, 5.41) is 38.7. The SMILES string of the molecule is N[C@@H](CC(=O)[O-])C(=O)[O-].N[C@@H](CC(=O)[O-])C(=O)[O-].[Cu+2].[Zn+2]. The zero-order valence-electron chi connectivity index (χ0n) is 10.00. The third-order valence-electron chi connectivity index (χ3n) is 1.38. The number of rotatable bonds is 6. The van der Waals surface area contributed by atoms with Gasteiger partial charge in [-0.25, -0.2) is 0 Å². The van der Waals surface area contributed by atoms with E-state index in [1.165, 1.54) is 0 Å². The molecule has 0 aromatic carbocycles. The quantitative estimate of drug-likeness (QED) is 0.408. The van der Waals surface area contributed by atoms with Gasteiger partial charge in [-0.3, -0.25) is 0 Å². The first kappa shape index (κ1) is 27.3. The van der Waals surface area contributed by atoms with Crippen LogP contribution in [0.1, 0.15) is 12.8 Å². The molecule has 4 N–H and O–H groups in total. The molecule has 0 saturated carbocycles. The molecular formula is C8H10CuN2O8Zn. The summed E-state index contributed by atoms with van der Waals surface area (Å²) in [6.07, 6.45) is -1.41. The summed E-state index contributed by atoms with van der Waals surface area (Å²) >= 11 is 0. The van der Waals surface area contributed by atoms with Gasteiger partial charge in [-0.1, -0.05) is 0 Å². The van der Waals surface area contributed by atoms with Crippen LogP contribution in [0.2, 0.25) is 0 Å². The molecule has 0 aromatic rings. The van der Waals surface area contributed by atoms with Crippen molar-refractivity contribution in [1.29, 1.82) is 0 Å². The molecule has 0 fully saturated rings. The van der Waals surface area contributed by atoms with E-state index < -0.39 is 48.8 Å². The molecule has 0 saturated heterocycles. The Hall–Kier alpha value is -1.06. The van der Waals surface area contributed by atoms with Crippen molar-refractivity contribution < 1.29 is 76.2 Å². The maximum absolute atomic E-state index is 9.71. The standard InChI is InChI=1S/2C4H7NO4.Cu.Zn/c2*5-2(4(8)9)1-3(6)7;;/h2*2H,1,5H2,(H,6,7)(H,8,9);;/q;;2*+2/p-4/t2*2-;;/m00../s1. The fraction of sp³-hybridized carbons (Fsp3) is 0.500. The Morgan fingerprint density at radius 3 is 1.00 bits per heavy atom. The largest absolute Gasteiger partial charge is 2.00 e. The summed E-state index contributed by atoms with van der Waals surface area (Å²) in [7, 11) is 0. The molecule has 0 aliphatic rings. The van der Waals surface area contributed by atoms with E-state index in [2.05, 4.69) is 0 Å². The summed E-state index contributed by atoms with van der Waals surface area (Å²) in [5.41, 5.74) is 9.47. The molecule has 2 atom stereocenters. The third-order valence-corrected chi connectivity index (χ3v) is 1.38. The van der Waals surface area contributed by atoms with Crippen molar-refractivity contribution in [3.8, 4) is 0 Å². The maximum Gasteiger partial charge on any atom is 2.00 e. The van der Waals surface area contributed by atoms with Gasteiger partial charge < -0.3 is 51.1 Å². The number of hydrogen-bond donors (Lipinski definition) is 2. The first-order valence-corrected chi connectivity index (χ1v) is 4.40. The predicted molar refractivity (Wildman–Crippen MR) is 45.2 cm³/mol. The summed E-state index contributed by atoms with van der Waals surface area (Å²) in [6.45, 7) is 0. The average molecular weight is 391 g/mol. The molecule has 0 aliphatic carbocycles. The number of carbonyl (C=O) groups excluding carboxylic acids is 4. The molecule has 0 heterocycles. The van der Waals surface area contributed by atoms with Crippen molar-refractivity contribution in [1.82, 2.24) is 0 Å². The van der Waals surface area contributed by atoms with Gasteiger partial charge in [0.05, 0.1) is 11.9 Å². The molecule has 0 bridgehead atoms. The first-order valence-electron chi connectivity index (χ1n) is 4.40. The van der Waals surface area contributed by atoms with Crippen LogP contribution in [-0.2, 0) is 55.7 Å². The fourth-order valence-corrected chi connectivity index (χ4v) is 0.526. The molecule has 0 rings (SSSR count). The van der Waals surface area contributed by atoms with E-state index in [-0.39, 0.29) is 36.5 Å². The number of carboxylic acids is 4. The summed E-state index contributed by atoms with van der Waals surface area (Å²) in [6, 6.07) is -2.93. The second-order valence-electron chi connectivity index (χ2n) is 3.00. The van der Waals surface area contributed by atoms with Gasteiger partial charge in [0, 0.05) is 36.9 Å². The van der Waals surface area contributed by atoms with E-state index >= 15 is 0 Å². The number of hydrogen-bond acceptors (Lipinski definition) is 10. The van der Waals surface area contributed by atoms with Crippen LogP contribution in [0.4, 0.5) is 0 Å². The summed E-state index contributed by atoms with van der Waals surface area (Å²) in [5.74, 6) is -6.16. The Morgan fingerprint density at radius 2 is 0.950 bits per heavy atom. The van der Waals surface area contributed by atoms with Crippen molar-refractivity contribution in [2.45, 2.75) is 24.9 Å². The van der Waals surface area contributed by atoms with Crippen molar-refractivity contribution in [3.63, 3.8) is 0 Å². The third kappa shape index (κ3) is 19.3. The van der Waals surface area contributed by atoms with Gasteiger partial charge in [-0.2, -0.15) is 0 Å². The minimum atomic E-state index is -1.58. The molecule has 1 radical (unpaired) electrons. The Labute approximate surface area is 136 Å². The Balaban J connectivity index is -0.000000116. The van der Waals surface area contributed by atoms with Crippen LogP contribution >= 0.6 is 0 Å². The number of carbonyl (C=O) groups is 4. The molecule has 0 spiro atoms. The fourth-order valence-electron chi connectivity index (χ4n) is 0.526. The molecular weight excluding hydrogens is 381 g/mol. The van der Waals surface area contributed by atoms with Crippen LogP contribution < -0.4 is 31.9 Å². The molecule has 0 unspecified atom stereocenters. The van der Waals surface area contributed by atoms with Gasteiger partial charge in [0.25, 0.3) is 0 Å². The van der Waals surface area contributed by atoms with Crippen LogP contribution in [0, 0.1) is 0 Å². The van der Waals surface area contributed by atoms with Crippen molar-refractivity contribution in [2.75, 3.05) is 0 Å². The van der Waals surface area contributed by atoms with E-state index in [1.54, 1.807) is 0 Å². The van der Waals surface area contributed by atoms with Gasteiger partial charge in [-0.05, 0) is 0 Å². The monoisotopic (exact) mass is 389 g/mol. The number of carboxylic acid groups (broad SMARTS) is 4. The van der Waals surface area contributed by atoms with Crippen molar-refractivity contribution in [3.05, 3.63) is 0 Å². The normalized spacial score (nSPS) is 11.3. The van der Waals surface area contributed by atoms with Gasteiger partial charge >= 0.3 is 36.5 Å². The number of aliphatic carboxylic acids is 4. The average Bonchev–Trinajstić information content (AvgIpc) is 2.16. The van der Waals surface area contributed by atoms with Crippen molar-refractivity contribution >= 4 is 23.9 Å². The smallest absolute Gasteiger partial charge is 0.550 e. The molecule has 20 heavy (non-hydrogen) atoms. The Morgan fingerprint density at radius 1 is 0.750 bits per heavy atom. The Bertz CT molecular complexity index is 308. The molecule has 10 nitrogen and oxygen atoms in total. The van der Waals surface area contributed by atoms with E-state index in [9.17, 15) is 39.6 Å². The van der Waals surface area contributed by atoms with Crippen LogP contribution in [-0.4, -0.2) is 36.0 Å². The van der Waals surface area contributed by atoms with Gasteiger partial charge in [0.1, 0.15) is 0 Å². The molecule has 0 aromatic heterocycles. The second-order valence-corrected chi connectivity index (χ2v) is 3.00. The Kier molecular flexibility index (Phi) is 19.6. The van der Waals surface area contributed by atoms with E-state index in [1.807, 2.05) is 0 Å².